The maximum absolute atomic E-state index is 6.94. The van der Waals surface area contributed by atoms with Crippen LogP contribution in [0.5, 0.6) is 0 Å². The van der Waals surface area contributed by atoms with Crippen LogP contribution < -0.4 is 0 Å². The van der Waals surface area contributed by atoms with Crippen molar-refractivity contribution in [2.24, 2.45) is 0 Å². The molecule has 1 aliphatic carbocycles. The number of fused-ring (bicyclic) bond motifs is 12. The van der Waals surface area contributed by atoms with Crippen molar-refractivity contribution in [1.82, 2.24) is 19.5 Å². The van der Waals surface area contributed by atoms with E-state index in [1.807, 2.05) is 12.1 Å². The highest BCUT2D eigenvalue weighted by atomic mass is 16.3. The minimum atomic E-state index is -0.171. The van der Waals surface area contributed by atoms with Crippen LogP contribution in [0, 0.1) is 0 Å². The molecule has 0 N–H and O–H groups in total. The molecule has 0 atom stereocenters. The van der Waals surface area contributed by atoms with E-state index in [4.69, 9.17) is 19.4 Å². The molecule has 0 bridgehead atoms. The zero-order valence-corrected chi connectivity index (χ0v) is 33.5. The molecule has 0 amide bonds. The third kappa shape index (κ3) is 4.92. The molecule has 9 aromatic carbocycles. The van der Waals surface area contributed by atoms with Crippen LogP contribution in [0.25, 0.3) is 116 Å². The molecule has 5 nitrogen and oxygen atoms in total. The summed E-state index contributed by atoms with van der Waals surface area (Å²) in [5.41, 5.74) is 12.5. The van der Waals surface area contributed by atoms with E-state index in [0.29, 0.717) is 17.5 Å². The van der Waals surface area contributed by atoms with Gasteiger partial charge in [-0.05, 0) is 86.3 Å². The lowest BCUT2D eigenvalue weighted by atomic mass is 9.82. The third-order valence-corrected chi connectivity index (χ3v) is 13.0. The molecule has 13 rings (SSSR count). The van der Waals surface area contributed by atoms with E-state index in [1.165, 1.54) is 49.2 Å². The number of furan rings is 1. The summed E-state index contributed by atoms with van der Waals surface area (Å²) in [5, 5.41) is 9.14. The molecule has 61 heavy (non-hydrogen) atoms. The largest absolute Gasteiger partial charge is 0.454 e. The van der Waals surface area contributed by atoms with E-state index in [1.54, 1.807) is 0 Å². The lowest BCUT2D eigenvalue weighted by Crippen LogP contribution is -2.15. The first-order valence-electron chi connectivity index (χ1n) is 20.9. The van der Waals surface area contributed by atoms with Gasteiger partial charge >= 0.3 is 0 Å². The van der Waals surface area contributed by atoms with Gasteiger partial charge in [0, 0.05) is 43.7 Å². The third-order valence-electron chi connectivity index (χ3n) is 13.0. The number of para-hydroxylation sites is 2. The molecule has 5 heteroatoms. The Morgan fingerprint density at radius 2 is 1.05 bits per heavy atom. The Morgan fingerprint density at radius 3 is 1.92 bits per heavy atom. The number of hydrogen-bond donors (Lipinski definition) is 0. The average molecular weight is 781 g/mol. The minimum Gasteiger partial charge on any atom is -0.454 e. The van der Waals surface area contributed by atoms with Crippen LogP contribution in [-0.4, -0.2) is 19.5 Å². The second-order valence-corrected chi connectivity index (χ2v) is 16.8. The molecular formula is C56H36N4O. The molecule has 0 unspecified atom stereocenters. The van der Waals surface area contributed by atoms with E-state index in [-0.39, 0.29) is 5.41 Å². The smallest absolute Gasteiger partial charge is 0.164 e. The fraction of sp³-hybridized carbons (Fsp3) is 0.0536. The van der Waals surface area contributed by atoms with Crippen molar-refractivity contribution in [3.8, 4) is 51.0 Å². The summed E-state index contributed by atoms with van der Waals surface area (Å²) < 4.78 is 9.30. The van der Waals surface area contributed by atoms with Crippen molar-refractivity contribution < 1.29 is 4.42 Å². The van der Waals surface area contributed by atoms with Gasteiger partial charge in [0.15, 0.2) is 23.1 Å². The molecular weight excluding hydrogens is 745 g/mol. The van der Waals surface area contributed by atoms with Gasteiger partial charge in [-0.25, -0.2) is 15.0 Å². The molecule has 286 valence electrons. The van der Waals surface area contributed by atoms with Gasteiger partial charge in [0.1, 0.15) is 5.58 Å². The van der Waals surface area contributed by atoms with Crippen LogP contribution in [0.1, 0.15) is 25.0 Å². The zero-order valence-electron chi connectivity index (χ0n) is 33.5. The monoisotopic (exact) mass is 780 g/mol. The molecule has 0 aliphatic heterocycles. The highest BCUT2D eigenvalue weighted by Crippen LogP contribution is 2.50. The fourth-order valence-electron chi connectivity index (χ4n) is 10.1. The fourth-order valence-corrected chi connectivity index (χ4v) is 10.1. The Kier molecular flexibility index (Phi) is 7.00. The summed E-state index contributed by atoms with van der Waals surface area (Å²) in [6.45, 7) is 4.62. The maximum atomic E-state index is 6.94. The van der Waals surface area contributed by atoms with Crippen LogP contribution in [0.4, 0.5) is 0 Å². The number of benzene rings is 9. The molecule has 0 spiro atoms. The van der Waals surface area contributed by atoms with Crippen molar-refractivity contribution in [2.75, 3.05) is 0 Å². The average Bonchev–Trinajstić information content (AvgIpc) is 3.94. The van der Waals surface area contributed by atoms with Crippen molar-refractivity contribution in [1.29, 1.82) is 0 Å². The van der Waals surface area contributed by atoms with E-state index in [0.717, 1.165) is 60.7 Å². The van der Waals surface area contributed by atoms with E-state index in [2.05, 4.69) is 188 Å². The highest BCUT2D eigenvalue weighted by molar-refractivity contribution is 6.22. The van der Waals surface area contributed by atoms with E-state index in [9.17, 15) is 0 Å². The number of nitrogens with zero attached hydrogens (tertiary/aromatic N) is 4. The first kappa shape index (κ1) is 34.0. The summed E-state index contributed by atoms with van der Waals surface area (Å²) in [4.78, 5) is 16.0. The summed E-state index contributed by atoms with van der Waals surface area (Å²) in [7, 11) is 0. The molecule has 0 radical (unpaired) electrons. The summed E-state index contributed by atoms with van der Waals surface area (Å²) in [6.07, 6.45) is 0. The summed E-state index contributed by atoms with van der Waals surface area (Å²) in [6, 6.07) is 64.7. The maximum Gasteiger partial charge on any atom is 0.164 e. The molecule has 0 saturated heterocycles. The van der Waals surface area contributed by atoms with Crippen molar-refractivity contribution in [3.05, 3.63) is 193 Å². The van der Waals surface area contributed by atoms with Gasteiger partial charge in [0.05, 0.1) is 16.7 Å². The Labute approximate surface area is 351 Å². The van der Waals surface area contributed by atoms with E-state index < -0.39 is 0 Å². The summed E-state index contributed by atoms with van der Waals surface area (Å²) in [5.74, 6) is 1.84. The Balaban J connectivity index is 1.08. The van der Waals surface area contributed by atoms with Crippen LogP contribution in [0.3, 0.4) is 0 Å². The first-order chi connectivity index (χ1) is 30.0. The quantitative estimate of drug-likeness (QED) is 0.178. The SMILES string of the molecule is CC1(C)c2ccccc2-c2ccc(-c3nc(-c4ccc5ccccc5c4)nc(-c4ccc(-n5c6ccccc6c6c7ccccc7ccc65)c5oc6ccccc6c45)n3)cc21. The summed E-state index contributed by atoms with van der Waals surface area (Å²) >= 11 is 0. The van der Waals surface area contributed by atoms with Crippen molar-refractivity contribution in [2.45, 2.75) is 19.3 Å². The Bertz CT molecular complexity index is 3810. The second kappa shape index (κ2) is 12.6. The second-order valence-electron chi connectivity index (χ2n) is 16.8. The number of hydrogen-bond acceptors (Lipinski definition) is 4. The zero-order chi connectivity index (χ0) is 40.4. The standard InChI is InChI=1S/C56H36N4O/c1-56(2)44-20-10-7-17-39(44)40-27-25-37(32-45(40)56)54-57-53(36-24-23-33-13-3-4-15-35(33)31-36)58-55(59-54)43-28-30-48(52-51(43)42-19-9-12-22-49(42)61-52)60-46-21-11-8-18-41(46)50-38-16-6-5-14-34(38)26-29-47(50)60/h3-32H,1-2H3. The van der Waals surface area contributed by atoms with Gasteiger partial charge < -0.3 is 8.98 Å². The normalized spacial score (nSPS) is 13.2. The number of rotatable bonds is 4. The lowest BCUT2D eigenvalue weighted by molar-refractivity contribution is 0.660. The van der Waals surface area contributed by atoms with Gasteiger partial charge in [-0.3, -0.25) is 0 Å². The topological polar surface area (TPSA) is 56.7 Å². The van der Waals surface area contributed by atoms with Crippen molar-refractivity contribution in [3.63, 3.8) is 0 Å². The lowest BCUT2D eigenvalue weighted by Gasteiger charge is -2.21. The first-order valence-corrected chi connectivity index (χ1v) is 20.9. The van der Waals surface area contributed by atoms with Gasteiger partial charge in [-0.15, -0.1) is 0 Å². The Hall–Kier alpha value is -7.89. The molecule has 0 saturated carbocycles. The highest BCUT2D eigenvalue weighted by Gasteiger charge is 2.35. The van der Waals surface area contributed by atoms with Crippen LogP contribution >= 0.6 is 0 Å². The molecule has 12 aromatic rings. The van der Waals surface area contributed by atoms with Crippen LogP contribution in [-0.2, 0) is 5.41 Å². The minimum absolute atomic E-state index is 0.171. The van der Waals surface area contributed by atoms with E-state index >= 15 is 0 Å². The Morgan fingerprint density at radius 1 is 0.426 bits per heavy atom. The molecule has 0 fully saturated rings. The predicted molar refractivity (Wildman–Crippen MR) is 250 cm³/mol. The van der Waals surface area contributed by atoms with Gasteiger partial charge in [0.2, 0.25) is 0 Å². The van der Waals surface area contributed by atoms with Crippen LogP contribution in [0.15, 0.2) is 186 Å². The van der Waals surface area contributed by atoms with Crippen LogP contribution in [0.2, 0.25) is 0 Å². The van der Waals surface area contributed by atoms with Gasteiger partial charge in [-0.1, -0.05) is 153 Å². The predicted octanol–water partition coefficient (Wildman–Crippen LogP) is 14.5. The molecule has 3 aromatic heterocycles. The molecule has 3 heterocycles. The van der Waals surface area contributed by atoms with Gasteiger partial charge in [-0.2, -0.15) is 0 Å². The number of aromatic nitrogens is 4. The van der Waals surface area contributed by atoms with Gasteiger partial charge in [0.25, 0.3) is 0 Å². The van der Waals surface area contributed by atoms with Crippen molar-refractivity contribution >= 4 is 65.3 Å². The molecule has 1 aliphatic rings.